The molecule has 6 heteroatoms. The Morgan fingerprint density at radius 1 is 1.62 bits per heavy atom. The monoisotopic (exact) mass is 236 g/mol. The number of hydrogen-bond donors (Lipinski definition) is 1. The number of amides is 1. The molecule has 0 aliphatic carbocycles. The number of aryl methyl sites for hydroxylation is 2. The molecule has 0 saturated heterocycles. The third kappa shape index (κ3) is 2.11. The van der Waals surface area contributed by atoms with Crippen molar-refractivity contribution in [3.8, 4) is 0 Å². The molecule has 84 valence electrons. The maximum absolute atomic E-state index is 11.9. The zero-order chi connectivity index (χ0) is 11.5. The van der Waals surface area contributed by atoms with Crippen LogP contribution in [0.4, 0.5) is 5.13 Å². The van der Waals surface area contributed by atoms with Gasteiger partial charge in [-0.3, -0.25) is 14.8 Å². The standard InChI is InChI=1S/C10H12N4OS/c1-3-14-8(4-5-11-14)9(15)13-10-12-7(2)6-16-10/h4-6H,3H2,1-2H3,(H,12,13,15). The van der Waals surface area contributed by atoms with Crippen LogP contribution in [0.25, 0.3) is 0 Å². The molecule has 1 amide bonds. The lowest BCUT2D eigenvalue weighted by atomic mass is 10.4. The van der Waals surface area contributed by atoms with Crippen molar-refractivity contribution in [2.45, 2.75) is 20.4 Å². The molecular weight excluding hydrogens is 224 g/mol. The van der Waals surface area contributed by atoms with E-state index in [1.165, 1.54) is 11.3 Å². The summed E-state index contributed by atoms with van der Waals surface area (Å²) >= 11 is 1.42. The molecule has 0 atom stereocenters. The van der Waals surface area contributed by atoms with Crippen LogP contribution in [0, 0.1) is 6.92 Å². The average Bonchev–Trinajstić information content (AvgIpc) is 2.86. The summed E-state index contributed by atoms with van der Waals surface area (Å²) in [5.41, 5.74) is 1.46. The van der Waals surface area contributed by atoms with Crippen molar-refractivity contribution < 1.29 is 4.79 Å². The molecule has 0 bridgehead atoms. The van der Waals surface area contributed by atoms with E-state index in [9.17, 15) is 4.79 Å². The van der Waals surface area contributed by atoms with Crippen molar-refractivity contribution in [1.82, 2.24) is 14.8 Å². The van der Waals surface area contributed by atoms with Crippen LogP contribution in [0.3, 0.4) is 0 Å². The minimum absolute atomic E-state index is 0.172. The van der Waals surface area contributed by atoms with E-state index in [-0.39, 0.29) is 5.91 Å². The van der Waals surface area contributed by atoms with Gasteiger partial charge in [0.05, 0.1) is 5.69 Å². The Bertz CT molecular complexity index is 502. The van der Waals surface area contributed by atoms with Crippen molar-refractivity contribution in [2.75, 3.05) is 5.32 Å². The minimum atomic E-state index is -0.172. The summed E-state index contributed by atoms with van der Waals surface area (Å²) in [4.78, 5) is 16.0. The molecule has 0 radical (unpaired) electrons. The first-order valence-corrected chi connectivity index (χ1v) is 5.84. The molecule has 2 aromatic rings. The van der Waals surface area contributed by atoms with Crippen LogP contribution in [-0.2, 0) is 6.54 Å². The van der Waals surface area contributed by atoms with Crippen LogP contribution in [0.15, 0.2) is 17.6 Å². The average molecular weight is 236 g/mol. The lowest BCUT2D eigenvalue weighted by molar-refractivity contribution is 0.101. The fourth-order valence-electron chi connectivity index (χ4n) is 1.35. The Kier molecular flexibility index (Phi) is 3.00. The van der Waals surface area contributed by atoms with Crippen LogP contribution < -0.4 is 5.32 Å². The minimum Gasteiger partial charge on any atom is -0.296 e. The smallest absolute Gasteiger partial charge is 0.275 e. The summed E-state index contributed by atoms with van der Waals surface area (Å²) < 4.78 is 1.65. The first-order chi connectivity index (χ1) is 7.70. The summed E-state index contributed by atoms with van der Waals surface area (Å²) in [5.74, 6) is -0.172. The SMILES string of the molecule is CCn1nccc1C(=O)Nc1nc(C)cs1. The first kappa shape index (κ1) is 10.8. The second-order valence-corrected chi connectivity index (χ2v) is 4.14. The molecular formula is C10H12N4OS. The van der Waals surface area contributed by atoms with Gasteiger partial charge in [0.25, 0.3) is 5.91 Å². The molecule has 0 saturated carbocycles. The van der Waals surface area contributed by atoms with Crippen molar-refractivity contribution in [3.63, 3.8) is 0 Å². The number of carbonyl (C=O) groups is 1. The summed E-state index contributed by atoms with van der Waals surface area (Å²) in [5, 5.41) is 9.30. The third-order valence-corrected chi connectivity index (χ3v) is 2.96. The van der Waals surface area contributed by atoms with Crippen LogP contribution in [0.1, 0.15) is 23.1 Å². The predicted molar refractivity (Wildman–Crippen MR) is 62.7 cm³/mol. The van der Waals surface area contributed by atoms with E-state index in [0.717, 1.165) is 5.69 Å². The molecule has 0 aromatic carbocycles. The molecule has 0 spiro atoms. The Hall–Kier alpha value is -1.69. The maximum atomic E-state index is 11.9. The van der Waals surface area contributed by atoms with Gasteiger partial charge in [-0.1, -0.05) is 0 Å². The molecule has 2 rings (SSSR count). The van der Waals surface area contributed by atoms with Gasteiger partial charge in [0.15, 0.2) is 5.13 Å². The zero-order valence-electron chi connectivity index (χ0n) is 9.10. The fourth-order valence-corrected chi connectivity index (χ4v) is 2.03. The molecule has 2 aromatic heterocycles. The van der Waals surface area contributed by atoms with Crippen LogP contribution in [-0.4, -0.2) is 20.7 Å². The van der Waals surface area contributed by atoms with Crippen molar-refractivity contribution >= 4 is 22.4 Å². The summed E-state index contributed by atoms with van der Waals surface area (Å²) in [6.07, 6.45) is 1.62. The molecule has 0 aliphatic heterocycles. The van der Waals surface area contributed by atoms with E-state index in [0.29, 0.717) is 17.4 Å². The topological polar surface area (TPSA) is 59.8 Å². The van der Waals surface area contributed by atoms with E-state index >= 15 is 0 Å². The number of nitrogens with zero attached hydrogens (tertiary/aromatic N) is 3. The van der Waals surface area contributed by atoms with Crippen LogP contribution in [0.5, 0.6) is 0 Å². The number of anilines is 1. The van der Waals surface area contributed by atoms with Gasteiger partial charge >= 0.3 is 0 Å². The van der Waals surface area contributed by atoms with Gasteiger partial charge < -0.3 is 0 Å². The molecule has 0 fully saturated rings. The zero-order valence-corrected chi connectivity index (χ0v) is 9.91. The highest BCUT2D eigenvalue weighted by Crippen LogP contribution is 2.15. The lowest BCUT2D eigenvalue weighted by Crippen LogP contribution is -2.17. The molecule has 0 aliphatic rings. The molecule has 5 nitrogen and oxygen atoms in total. The quantitative estimate of drug-likeness (QED) is 0.885. The van der Waals surface area contributed by atoms with E-state index in [4.69, 9.17) is 0 Å². The van der Waals surface area contributed by atoms with Crippen molar-refractivity contribution in [2.24, 2.45) is 0 Å². The number of nitrogens with one attached hydrogen (secondary N) is 1. The first-order valence-electron chi connectivity index (χ1n) is 4.96. The highest BCUT2D eigenvalue weighted by Gasteiger charge is 2.12. The Morgan fingerprint density at radius 2 is 2.44 bits per heavy atom. The highest BCUT2D eigenvalue weighted by molar-refractivity contribution is 7.13. The van der Waals surface area contributed by atoms with Crippen LogP contribution >= 0.6 is 11.3 Å². The van der Waals surface area contributed by atoms with Gasteiger partial charge in [-0.15, -0.1) is 11.3 Å². The Labute approximate surface area is 97.1 Å². The normalized spacial score (nSPS) is 10.4. The Balaban J connectivity index is 2.14. The maximum Gasteiger partial charge on any atom is 0.275 e. The van der Waals surface area contributed by atoms with Gasteiger partial charge in [0.1, 0.15) is 5.69 Å². The van der Waals surface area contributed by atoms with E-state index in [2.05, 4.69) is 15.4 Å². The van der Waals surface area contributed by atoms with E-state index in [1.807, 2.05) is 19.2 Å². The molecule has 2 heterocycles. The van der Waals surface area contributed by atoms with Gasteiger partial charge in [-0.2, -0.15) is 5.10 Å². The second kappa shape index (κ2) is 4.44. The fraction of sp³-hybridized carbons (Fsp3) is 0.300. The van der Waals surface area contributed by atoms with Gasteiger partial charge in [0, 0.05) is 18.1 Å². The number of rotatable bonds is 3. The number of hydrogen-bond acceptors (Lipinski definition) is 4. The highest BCUT2D eigenvalue weighted by atomic mass is 32.1. The second-order valence-electron chi connectivity index (χ2n) is 3.28. The van der Waals surface area contributed by atoms with Gasteiger partial charge in [-0.25, -0.2) is 4.98 Å². The third-order valence-electron chi connectivity index (χ3n) is 2.09. The summed E-state index contributed by atoms with van der Waals surface area (Å²) in [6, 6.07) is 1.69. The summed E-state index contributed by atoms with van der Waals surface area (Å²) in [7, 11) is 0. The number of carbonyl (C=O) groups excluding carboxylic acids is 1. The largest absolute Gasteiger partial charge is 0.296 e. The summed E-state index contributed by atoms with van der Waals surface area (Å²) in [6.45, 7) is 4.51. The van der Waals surface area contributed by atoms with Crippen molar-refractivity contribution in [3.05, 3.63) is 29.0 Å². The number of thiazole rings is 1. The molecule has 1 N–H and O–H groups in total. The number of aromatic nitrogens is 3. The van der Waals surface area contributed by atoms with Crippen LogP contribution in [0.2, 0.25) is 0 Å². The molecule has 16 heavy (non-hydrogen) atoms. The van der Waals surface area contributed by atoms with Gasteiger partial charge in [-0.05, 0) is 19.9 Å². The molecule has 0 unspecified atom stereocenters. The van der Waals surface area contributed by atoms with E-state index in [1.54, 1.807) is 16.9 Å². The van der Waals surface area contributed by atoms with Gasteiger partial charge in [0.2, 0.25) is 0 Å². The lowest BCUT2D eigenvalue weighted by Gasteiger charge is -2.03. The predicted octanol–water partition coefficient (Wildman–Crippen LogP) is 1.92. The van der Waals surface area contributed by atoms with E-state index < -0.39 is 0 Å². The Morgan fingerprint density at radius 3 is 3.06 bits per heavy atom. The van der Waals surface area contributed by atoms with Crippen molar-refractivity contribution in [1.29, 1.82) is 0 Å².